The van der Waals surface area contributed by atoms with Crippen LogP contribution in [-0.4, -0.2) is 25.2 Å². The van der Waals surface area contributed by atoms with E-state index in [0.29, 0.717) is 22.6 Å². The van der Waals surface area contributed by atoms with Gasteiger partial charge in [-0.05, 0) is 40.6 Å². The summed E-state index contributed by atoms with van der Waals surface area (Å²) < 4.78 is 10.7. The van der Waals surface area contributed by atoms with Crippen LogP contribution >= 0.6 is 0 Å². The SMILES string of the molecule is COc1ccc(OC)c(C(=O)NC(c2ccccc2)c2c(O)ccc3ccccc23)c1. The number of phenolic OH excluding ortho intramolecular Hbond substituents is 1. The molecule has 2 N–H and O–H groups in total. The van der Waals surface area contributed by atoms with Crippen LogP contribution in [0.15, 0.2) is 84.9 Å². The highest BCUT2D eigenvalue weighted by molar-refractivity contribution is 5.98. The van der Waals surface area contributed by atoms with E-state index < -0.39 is 6.04 Å². The van der Waals surface area contributed by atoms with Crippen molar-refractivity contribution in [3.63, 3.8) is 0 Å². The molecule has 5 heteroatoms. The average molecular weight is 413 g/mol. The lowest BCUT2D eigenvalue weighted by molar-refractivity contribution is 0.0939. The van der Waals surface area contributed by atoms with Gasteiger partial charge in [-0.25, -0.2) is 0 Å². The number of fused-ring (bicyclic) bond motifs is 1. The molecule has 5 nitrogen and oxygen atoms in total. The zero-order chi connectivity index (χ0) is 21.8. The number of aromatic hydroxyl groups is 1. The van der Waals surface area contributed by atoms with Gasteiger partial charge < -0.3 is 19.9 Å². The molecule has 0 aliphatic carbocycles. The van der Waals surface area contributed by atoms with Crippen molar-refractivity contribution in [3.05, 3.63) is 102 Å². The third-order valence-corrected chi connectivity index (χ3v) is 5.30. The van der Waals surface area contributed by atoms with E-state index >= 15 is 0 Å². The van der Waals surface area contributed by atoms with Gasteiger partial charge in [-0.15, -0.1) is 0 Å². The van der Waals surface area contributed by atoms with Crippen molar-refractivity contribution in [3.8, 4) is 17.2 Å². The van der Waals surface area contributed by atoms with Gasteiger partial charge in [0, 0.05) is 5.56 Å². The van der Waals surface area contributed by atoms with Gasteiger partial charge >= 0.3 is 0 Å². The van der Waals surface area contributed by atoms with Crippen LogP contribution in [-0.2, 0) is 0 Å². The molecule has 1 amide bonds. The number of hydrogen-bond acceptors (Lipinski definition) is 4. The number of nitrogens with one attached hydrogen (secondary N) is 1. The smallest absolute Gasteiger partial charge is 0.255 e. The maximum atomic E-state index is 13.4. The van der Waals surface area contributed by atoms with Crippen LogP contribution < -0.4 is 14.8 Å². The number of methoxy groups -OCH3 is 2. The fourth-order valence-corrected chi connectivity index (χ4v) is 3.76. The standard InChI is InChI=1S/C26H23NO4/c1-30-19-13-15-23(31-2)21(16-19)26(29)27-25(18-9-4-3-5-10-18)24-20-11-7-6-8-17(20)12-14-22(24)28/h3-16,25,28H,1-2H3,(H,27,29). The summed E-state index contributed by atoms with van der Waals surface area (Å²) in [4.78, 5) is 13.4. The first-order valence-electron chi connectivity index (χ1n) is 9.91. The van der Waals surface area contributed by atoms with Crippen molar-refractivity contribution >= 4 is 16.7 Å². The largest absolute Gasteiger partial charge is 0.508 e. The molecule has 0 aliphatic rings. The quantitative estimate of drug-likeness (QED) is 0.462. The predicted molar refractivity (Wildman–Crippen MR) is 121 cm³/mol. The summed E-state index contributed by atoms with van der Waals surface area (Å²) in [5.74, 6) is 0.768. The van der Waals surface area contributed by atoms with Crippen molar-refractivity contribution in [2.45, 2.75) is 6.04 Å². The Labute approximate surface area is 180 Å². The van der Waals surface area contributed by atoms with Crippen molar-refractivity contribution in [1.82, 2.24) is 5.32 Å². The Morgan fingerprint density at radius 1 is 0.871 bits per heavy atom. The molecule has 0 saturated carbocycles. The molecule has 0 bridgehead atoms. The lowest BCUT2D eigenvalue weighted by atomic mass is 9.92. The van der Waals surface area contributed by atoms with Gasteiger partial charge in [0.2, 0.25) is 0 Å². The van der Waals surface area contributed by atoms with Crippen molar-refractivity contribution in [1.29, 1.82) is 0 Å². The minimum atomic E-state index is -0.573. The van der Waals surface area contributed by atoms with Crippen LogP contribution in [0.1, 0.15) is 27.5 Å². The zero-order valence-electron chi connectivity index (χ0n) is 17.3. The molecule has 1 unspecified atom stereocenters. The van der Waals surface area contributed by atoms with Crippen LogP contribution in [0.2, 0.25) is 0 Å². The van der Waals surface area contributed by atoms with Gasteiger partial charge in [0.05, 0.1) is 25.8 Å². The lowest BCUT2D eigenvalue weighted by Gasteiger charge is -2.23. The predicted octanol–water partition coefficient (Wildman–Crippen LogP) is 5.08. The number of benzene rings is 4. The van der Waals surface area contributed by atoms with Crippen molar-refractivity contribution in [2.75, 3.05) is 14.2 Å². The molecular formula is C26H23NO4. The highest BCUT2D eigenvalue weighted by Crippen LogP contribution is 2.36. The van der Waals surface area contributed by atoms with E-state index in [0.717, 1.165) is 16.3 Å². The van der Waals surface area contributed by atoms with E-state index in [1.54, 1.807) is 31.4 Å². The highest BCUT2D eigenvalue weighted by Gasteiger charge is 2.24. The Kier molecular flexibility index (Phi) is 5.76. The Bertz CT molecular complexity index is 1220. The van der Waals surface area contributed by atoms with Crippen LogP contribution in [0, 0.1) is 0 Å². The van der Waals surface area contributed by atoms with Crippen LogP contribution in [0.5, 0.6) is 17.2 Å². The van der Waals surface area contributed by atoms with Gasteiger partial charge in [0.1, 0.15) is 17.2 Å². The topological polar surface area (TPSA) is 67.8 Å². The molecule has 0 radical (unpaired) electrons. The number of amides is 1. The van der Waals surface area contributed by atoms with Gasteiger partial charge in [-0.2, -0.15) is 0 Å². The number of hydrogen-bond donors (Lipinski definition) is 2. The summed E-state index contributed by atoms with van der Waals surface area (Å²) in [6.07, 6.45) is 0. The molecule has 4 aromatic carbocycles. The van der Waals surface area contributed by atoms with Crippen LogP contribution in [0.25, 0.3) is 10.8 Å². The number of ether oxygens (including phenoxy) is 2. The molecule has 0 fully saturated rings. The molecule has 1 atom stereocenters. The van der Waals surface area contributed by atoms with Gasteiger partial charge in [0.25, 0.3) is 5.91 Å². The van der Waals surface area contributed by atoms with Gasteiger partial charge in [-0.1, -0.05) is 60.7 Å². The first kappa shape index (κ1) is 20.3. The Morgan fingerprint density at radius 2 is 1.61 bits per heavy atom. The zero-order valence-corrected chi connectivity index (χ0v) is 17.3. The number of carbonyl (C=O) groups is 1. The van der Waals surface area contributed by atoms with E-state index in [-0.39, 0.29) is 11.7 Å². The molecule has 156 valence electrons. The number of carbonyl (C=O) groups excluding carboxylic acids is 1. The van der Waals surface area contributed by atoms with Crippen LogP contribution in [0.4, 0.5) is 0 Å². The summed E-state index contributed by atoms with van der Waals surface area (Å²) >= 11 is 0. The van der Waals surface area contributed by atoms with Gasteiger partial charge in [-0.3, -0.25) is 4.79 Å². The molecule has 31 heavy (non-hydrogen) atoms. The third-order valence-electron chi connectivity index (χ3n) is 5.30. The normalized spacial score (nSPS) is 11.7. The van der Waals surface area contributed by atoms with Crippen molar-refractivity contribution in [2.24, 2.45) is 0 Å². The first-order chi connectivity index (χ1) is 15.1. The Morgan fingerprint density at radius 3 is 2.35 bits per heavy atom. The number of phenols is 1. The molecule has 0 saturated heterocycles. The second-order valence-corrected chi connectivity index (χ2v) is 7.10. The Balaban J connectivity index is 1.84. The summed E-state index contributed by atoms with van der Waals surface area (Å²) in [7, 11) is 3.06. The molecule has 4 rings (SSSR count). The highest BCUT2D eigenvalue weighted by atomic mass is 16.5. The molecule has 0 aliphatic heterocycles. The average Bonchev–Trinajstić information content (AvgIpc) is 2.83. The van der Waals surface area contributed by atoms with Crippen molar-refractivity contribution < 1.29 is 19.4 Å². The summed E-state index contributed by atoms with van der Waals surface area (Å²) in [6.45, 7) is 0. The first-order valence-corrected chi connectivity index (χ1v) is 9.91. The van der Waals surface area contributed by atoms with Gasteiger partial charge in [0.15, 0.2) is 0 Å². The number of rotatable bonds is 6. The summed E-state index contributed by atoms with van der Waals surface area (Å²) in [6, 6.07) is 25.4. The monoisotopic (exact) mass is 413 g/mol. The maximum absolute atomic E-state index is 13.4. The fraction of sp³-hybridized carbons (Fsp3) is 0.115. The minimum Gasteiger partial charge on any atom is -0.508 e. The van der Waals surface area contributed by atoms with E-state index in [4.69, 9.17) is 9.47 Å². The van der Waals surface area contributed by atoms with Crippen LogP contribution in [0.3, 0.4) is 0 Å². The third kappa shape index (κ3) is 4.03. The second kappa shape index (κ2) is 8.79. The van der Waals surface area contributed by atoms with E-state index in [1.807, 2.05) is 60.7 Å². The molecule has 0 spiro atoms. The molecule has 0 aromatic heterocycles. The summed E-state index contributed by atoms with van der Waals surface area (Å²) in [5.41, 5.74) is 1.84. The maximum Gasteiger partial charge on any atom is 0.255 e. The molecular weight excluding hydrogens is 390 g/mol. The Hall–Kier alpha value is -3.99. The minimum absolute atomic E-state index is 0.116. The fourth-order valence-electron chi connectivity index (χ4n) is 3.76. The van der Waals surface area contributed by atoms with E-state index in [2.05, 4.69) is 5.32 Å². The molecule has 0 heterocycles. The van der Waals surface area contributed by atoms with E-state index in [1.165, 1.54) is 7.11 Å². The van der Waals surface area contributed by atoms with E-state index in [9.17, 15) is 9.90 Å². The lowest BCUT2D eigenvalue weighted by Crippen LogP contribution is -2.30. The molecule has 4 aromatic rings. The second-order valence-electron chi connectivity index (χ2n) is 7.10. The summed E-state index contributed by atoms with van der Waals surface area (Å²) in [5, 5.41) is 15.7.